The van der Waals surface area contributed by atoms with Gasteiger partial charge in [0, 0.05) is 18.1 Å². The summed E-state index contributed by atoms with van der Waals surface area (Å²) in [4.78, 5) is 46.4. The van der Waals surface area contributed by atoms with Crippen molar-refractivity contribution < 1.29 is 28.8 Å². The molecule has 0 bridgehead atoms. The topological polar surface area (TPSA) is 113 Å². The predicted octanol–water partition coefficient (Wildman–Crippen LogP) is 1.62. The molecule has 0 spiro atoms. The van der Waals surface area contributed by atoms with Crippen molar-refractivity contribution in [3.05, 3.63) is 39.9 Å². The molecular weight excluding hydrogens is 318 g/mol. The molecule has 1 aromatic carbocycles. The summed E-state index contributed by atoms with van der Waals surface area (Å²) in [6.45, 7) is 3.29. The second kappa shape index (κ2) is 6.77. The fourth-order valence-corrected chi connectivity index (χ4v) is 2.98. The molecule has 0 heterocycles. The van der Waals surface area contributed by atoms with Crippen LogP contribution in [-0.2, 0) is 23.9 Å². The van der Waals surface area contributed by atoms with Crippen molar-refractivity contribution in [2.45, 2.75) is 19.8 Å². The van der Waals surface area contributed by atoms with Crippen molar-refractivity contribution >= 4 is 23.9 Å². The van der Waals surface area contributed by atoms with Crippen LogP contribution in [0.4, 0.5) is 5.69 Å². The summed E-state index contributed by atoms with van der Waals surface area (Å²) < 4.78 is 9.95. The number of esters is 2. The number of carbonyl (C=O) groups excluding carboxylic acids is 3. The molecule has 8 nitrogen and oxygen atoms in total. The van der Waals surface area contributed by atoms with Crippen LogP contribution in [0.1, 0.15) is 25.3 Å². The Bertz CT molecular complexity index is 650. The highest BCUT2D eigenvalue weighted by molar-refractivity contribution is 6.09. The number of carbonyl (C=O) groups is 3. The second-order valence-corrected chi connectivity index (χ2v) is 5.30. The summed E-state index contributed by atoms with van der Waals surface area (Å²) in [5, 5.41) is 10.7. The van der Waals surface area contributed by atoms with Crippen molar-refractivity contribution in [2.75, 3.05) is 13.2 Å². The predicted molar refractivity (Wildman–Crippen MR) is 81.1 cm³/mol. The van der Waals surface area contributed by atoms with Crippen LogP contribution in [0.5, 0.6) is 0 Å². The minimum Gasteiger partial charge on any atom is -0.465 e. The number of hydrogen-bond donors (Lipinski definition) is 0. The normalized spacial score (nSPS) is 20.8. The van der Waals surface area contributed by atoms with E-state index >= 15 is 0 Å². The molecular formula is C16H17NO7. The number of ether oxygens (including phenoxy) is 2. The minimum atomic E-state index is -1.72. The Balaban J connectivity index is 2.43. The van der Waals surface area contributed by atoms with E-state index < -0.39 is 34.1 Å². The monoisotopic (exact) mass is 335 g/mol. The quantitative estimate of drug-likeness (QED) is 0.244. The van der Waals surface area contributed by atoms with Gasteiger partial charge in [0.1, 0.15) is 6.29 Å². The third-order valence-corrected chi connectivity index (χ3v) is 4.10. The van der Waals surface area contributed by atoms with Gasteiger partial charge in [-0.05, 0) is 19.4 Å². The van der Waals surface area contributed by atoms with E-state index in [1.54, 1.807) is 13.8 Å². The molecule has 0 N–H and O–H groups in total. The maximum absolute atomic E-state index is 12.4. The van der Waals surface area contributed by atoms with Crippen molar-refractivity contribution in [1.29, 1.82) is 0 Å². The Morgan fingerprint density at radius 1 is 1.17 bits per heavy atom. The summed E-state index contributed by atoms with van der Waals surface area (Å²) in [7, 11) is 0. The van der Waals surface area contributed by atoms with Gasteiger partial charge in [-0.2, -0.15) is 0 Å². The molecule has 1 aliphatic carbocycles. The molecule has 0 unspecified atom stereocenters. The third-order valence-electron chi connectivity index (χ3n) is 4.10. The lowest BCUT2D eigenvalue weighted by Crippen LogP contribution is -2.33. The molecule has 24 heavy (non-hydrogen) atoms. The molecule has 0 aliphatic heterocycles. The average molecular weight is 335 g/mol. The maximum Gasteiger partial charge on any atom is 0.324 e. The first-order valence-electron chi connectivity index (χ1n) is 7.49. The van der Waals surface area contributed by atoms with Gasteiger partial charge in [0.25, 0.3) is 5.69 Å². The van der Waals surface area contributed by atoms with Gasteiger partial charge >= 0.3 is 11.9 Å². The second-order valence-electron chi connectivity index (χ2n) is 5.30. The molecule has 1 fully saturated rings. The first-order chi connectivity index (χ1) is 11.4. The van der Waals surface area contributed by atoms with Crippen molar-refractivity contribution in [3.8, 4) is 0 Å². The van der Waals surface area contributed by atoms with Crippen LogP contribution < -0.4 is 0 Å². The average Bonchev–Trinajstić information content (AvgIpc) is 3.25. The molecule has 128 valence electrons. The van der Waals surface area contributed by atoms with Gasteiger partial charge in [0.05, 0.1) is 24.1 Å². The first kappa shape index (κ1) is 17.6. The van der Waals surface area contributed by atoms with E-state index in [0.29, 0.717) is 11.8 Å². The largest absolute Gasteiger partial charge is 0.465 e. The van der Waals surface area contributed by atoms with E-state index in [-0.39, 0.29) is 18.9 Å². The van der Waals surface area contributed by atoms with Crippen LogP contribution in [0.2, 0.25) is 0 Å². The van der Waals surface area contributed by atoms with E-state index in [1.807, 2.05) is 0 Å². The first-order valence-corrected chi connectivity index (χ1v) is 7.49. The zero-order chi connectivity index (χ0) is 17.9. The molecule has 0 aromatic heterocycles. The molecule has 1 aliphatic rings. The number of rotatable bonds is 7. The Labute approximate surface area is 137 Å². The summed E-state index contributed by atoms with van der Waals surface area (Å²) in [5.41, 5.74) is -1.37. The van der Waals surface area contributed by atoms with Gasteiger partial charge in [-0.25, -0.2) is 0 Å². The molecule has 0 radical (unpaired) electrons. The van der Waals surface area contributed by atoms with Crippen LogP contribution in [0.25, 0.3) is 0 Å². The van der Waals surface area contributed by atoms with E-state index in [0.717, 1.165) is 0 Å². The Morgan fingerprint density at radius 3 is 2.04 bits per heavy atom. The number of hydrogen-bond acceptors (Lipinski definition) is 7. The zero-order valence-corrected chi connectivity index (χ0v) is 13.3. The highest BCUT2D eigenvalue weighted by atomic mass is 16.6. The third kappa shape index (κ3) is 2.64. The molecule has 1 saturated carbocycles. The SMILES string of the molecule is CCOC(=O)C1(C(=O)OCC)[C@H](C=O)[C@H]1c1ccc([N+](=O)[O-])cc1. The molecule has 2 atom stereocenters. The number of non-ortho nitro benzene ring substituents is 1. The standard InChI is InChI=1S/C16H17NO7/c1-3-23-14(19)16(15(20)24-4-2)12(9-18)13(16)10-5-7-11(8-6-10)17(21)22/h5-9,12-13H,3-4H2,1-2H3/t12-,13-/m1/s1. The smallest absolute Gasteiger partial charge is 0.324 e. The van der Waals surface area contributed by atoms with Crippen LogP contribution in [-0.4, -0.2) is 36.4 Å². The fraction of sp³-hybridized carbons (Fsp3) is 0.438. The van der Waals surface area contributed by atoms with Crippen LogP contribution in [0, 0.1) is 21.4 Å². The highest BCUT2D eigenvalue weighted by Gasteiger charge is 2.77. The summed E-state index contributed by atoms with van der Waals surface area (Å²) >= 11 is 0. The molecule has 1 aromatic rings. The number of nitrogens with zero attached hydrogens (tertiary/aromatic N) is 1. The summed E-state index contributed by atoms with van der Waals surface area (Å²) in [6.07, 6.45) is 0.528. The maximum atomic E-state index is 12.4. The van der Waals surface area contributed by atoms with Crippen LogP contribution >= 0.6 is 0 Å². The molecule has 2 rings (SSSR count). The van der Waals surface area contributed by atoms with Crippen molar-refractivity contribution in [1.82, 2.24) is 0 Å². The van der Waals surface area contributed by atoms with E-state index in [2.05, 4.69) is 0 Å². The lowest BCUT2D eigenvalue weighted by atomic mass is 9.98. The zero-order valence-electron chi connectivity index (χ0n) is 13.3. The molecule has 0 saturated heterocycles. The van der Waals surface area contributed by atoms with Gasteiger partial charge < -0.3 is 14.3 Å². The number of benzene rings is 1. The van der Waals surface area contributed by atoms with E-state index in [9.17, 15) is 24.5 Å². The Morgan fingerprint density at radius 2 is 1.67 bits per heavy atom. The van der Waals surface area contributed by atoms with Gasteiger partial charge in [-0.3, -0.25) is 19.7 Å². The van der Waals surface area contributed by atoms with E-state index in [4.69, 9.17) is 9.47 Å². The summed E-state index contributed by atoms with van der Waals surface area (Å²) in [5.74, 6) is -3.31. The summed E-state index contributed by atoms with van der Waals surface area (Å²) in [6, 6.07) is 5.38. The molecule has 0 amide bonds. The minimum absolute atomic E-state index is 0.0541. The van der Waals surface area contributed by atoms with Gasteiger partial charge in [0.15, 0.2) is 5.41 Å². The van der Waals surface area contributed by atoms with Crippen LogP contribution in [0.3, 0.4) is 0 Å². The number of nitro groups is 1. The number of aldehydes is 1. The van der Waals surface area contributed by atoms with Gasteiger partial charge in [-0.1, -0.05) is 12.1 Å². The number of nitro benzene ring substituents is 1. The lowest BCUT2D eigenvalue weighted by molar-refractivity contribution is -0.384. The van der Waals surface area contributed by atoms with Gasteiger partial charge in [-0.15, -0.1) is 0 Å². The molecule has 8 heteroatoms. The Kier molecular flexibility index (Phi) is 4.96. The van der Waals surface area contributed by atoms with E-state index in [1.165, 1.54) is 24.3 Å². The Hall–Kier alpha value is -2.77. The fourth-order valence-electron chi connectivity index (χ4n) is 2.98. The lowest BCUT2D eigenvalue weighted by Gasteiger charge is -2.15. The highest BCUT2D eigenvalue weighted by Crippen LogP contribution is 2.65. The van der Waals surface area contributed by atoms with Crippen LogP contribution in [0.15, 0.2) is 24.3 Å². The van der Waals surface area contributed by atoms with Gasteiger partial charge in [0.2, 0.25) is 0 Å². The van der Waals surface area contributed by atoms with Crippen molar-refractivity contribution in [2.24, 2.45) is 11.3 Å². The van der Waals surface area contributed by atoms with Crippen molar-refractivity contribution in [3.63, 3.8) is 0 Å².